The molecule has 0 radical (unpaired) electrons. The average Bonchev–Trinajstić information content (AvgIpc) is 2.98. The van der Waals surface area contributed by atoms with Gasteiger partial charge < -0.3 is 9.73 Å². The molecule has 2 rings (SSSR count). The maximum absolute atomic E-state index is 12.7. The molecule has 23 heavy (non-hydrogen) atoms. The Morgan fingerprint density at radius 1 is 1.35 bits per heavy atom. The van der Waals surface area contributed by atoms with Gasteiger partial charge in [-0.15, -0.1) is 0 Å². The Morgan fingerprint density at radius 2 is 2.09 bits per heavy atom. The zero-order valence-corrected chi connectivity index (χ0v) is 12.1. The van der Waals surface area contributed by atoms with Gasteiger partial charge >= 0.3 is 6.18 Å². The summed E-state index contributed by atoms with van der Waals surface area (Å²) in [4.78, 5) is 12.0. The molecule has 4 nitrogen and oxygen atoms in total. The van der Waals surface area contributed by atoms with Gasteiger partial charge in [0.25, 0.3) is 5.91 Å². The minimum Gasteiger partial charge on any atom is -0.465 e. The van der Waals surface area contributed by atoms with E-state index < -0.39 is 17.6 Å². The normalized spacial score (nSPS) is 11.9. The van der Waals surface area contributed by atoms with Crippen LogP contribution in [0.15, 0.2) is 46.6 Å². The molecule has 2 aromatic rings. The Labute approximate surface area is 133 Å². The summed E-state index contributed by atoms with van der Waals surface area (Å²) in [5.41, 5.74) is -1.55. The monoisotopic (exact) mass is 340 g/mol. The maximum atomic E-state index is 12.7. The Hall–Kier alpha value is -2.72. The Morgan fingerprint density at radius 3 is 2.65 bits per heavy atom. The molecule has 1 amide bonds. The van der Waals surface area contributed by atoms with E-state index in [-0.39, 0.29) is 22.0 Å². The Balaban J connectivity index is 2.28. The van der Waals surface area contributed by atoms with Gasteiger partial charge in [-0.3, -0.25) is 4.79 Å². The van der Waals surface area contributed by atoms with E-state index in [0.717, 1.165) is 18.2 Å². The van der Waals surface area contributed by atoms with Crippen LogP contribution in [-0.4, -0.2) is 5.91 Å². The lowest BCUT2D eigenvalue weighted by Gasteiger charge is -2.11. The van der Waals surface area contributed by atoms with E-state index in [0.29, 0.717) is 6.07 Å². The number of hydrogen-bond donors (Lipinski definition) is 1. The first-order valence-electron chi connectivity index (χ1n) is 6.14. The smallest absolute Gasteiger partial charge is 0.416 e. The number of anilines is 1. The van der Waals surface area contributed by atoms with Crippen LogP contribution in [0.2, 0.25) is 5.02 Å². The van der Waals surface area contributed by atoms with Gasteiger partial charge in [-0.1, -0.05) is 11.6 Å². The van der Waals surface area contributed by atoms with E-state index in [2.05, 4.69) is 5.32 Å². The van der Waals surface area contributed by atoms with Crippen LogP contribution in [0.4, 0.5) is 18.9 Å². The minimum absolute atomic E-state index is 0.0818. The number of benzene rings is 1. The fourth-order valence-corrected chi connectivity index (χ4v) is 1.82. The van der Waals surface area contributed by atoms with Crippen molar-refractivity contribution in [3.63, 3.8) is 0 Å². The highest BCUT2D eigenvalue weighted by Crippen LogP contribution is 2.33. The molecule has 0 saturated heterocycles. The zero-order chi connectivity index (χ0) is 17.0. The Bertz CT molecular complexity index is 790. The summed E-state index contributed by atoms with van der Waals surface area (Å²) in [5, 5.41) is 11.1. The minimum atomic E-state index is -4.58. The summed E-state index contributed by atoms with van der Waals surface area (Å²) in [5.74, 6) is -0.642. The van der Waals surface area contributed by atoms with Gasteiger partial charge in [-0.25, -0.2) is 0 Å². The number of furan rings is 1. The predicted molar refractivity (Wildman–Crippen MR) is 77.4 cm³/mol. The first-order valence-corrected chi connectivity index (χ1v) is 6.52. The van der Waals surface area contributed by atoms with Crippen molar-refractivity contribution in [2.45, 2.75) is 6.18 Å². The number of nitrogens with zero attached hydrogens (tertiary/aromatic N) is 1. The zero-order valence-electron chi connectivity index (χ0n) is 11.3. The second kappa shape index (κ2) is 6.58. The number of carbonyl (C=O) groups is 1. The molecule has 118 valence electrons. The molecule has 0 aliphatic rings. The van der Waals surface area contributed by atoms with E-state index in [4.69, 9.17) is 21.3 Å². The van der Waals surface area contributed by atoms with E-state index >= 15 is 0 Å². The van der Waals surface area contributed by atoms with Gasteiger partial charge in [-0.2, -0.15) is 18.4 Å². The summed E-state index contributed by atoms with van der Waals surface area (Å²) < 4.78 is 43.0. The number of alkyl halides is 3. The lowest BCUT2D eigenvalue weighted by Crippen LogP contribution is -2.15. The van der Waals surface area contributed by atoms with Crippen LogP contribution in [-0.2, 0) is 11.0 Å². The molecule has 8 heteroatoms. The predicted octanol–water partition coefficient (Wildman–Crippen LogP) is 4.50. The summed E-state index contributed by atoms with van der Waals surface area (Å²) in [6.07, 6.45) is -2.06. The standard InChI is InChI=1S/C15H8ClF3N2O2/c16-12-4-3-10(15(17,18)19)7-13(12)21-14(22)9(8-20)6-11-2-1-5-23-11/h1-7H,(H,21,22). The van der Waals surface area contributed by atoms with Crippen molar-refractivity contribution in [1.29, 1.82) is 5.26 Å². The van der Waals surface area contributed by atoms with Gasteiger partial charge in [0, 0.05) is 6.08 Å². The van der Waals surface area contributed by atoms with Gasteiger partial charge in [0.2, 0.25) is 0 Å². The van der Waals surface area contributed by atoms with Gasteiger partial charge in [0.15, 0.2) is 0 Å². The van der Waals surface area contributed by atoms with Crippen LogP contribution < -0.4 is 5.32 Å². The number of hydrogen-bond acceptors (Lipinski definition) is 3. The lowest BCUT2D eigenvalue weighted by molar-refractivity contribution is -0.137. The van der Waals surface area contributed by atoms with Crippen molar-refractivity contribution in [1.82, 2.24) is 0 Å². The maximum Gasteiger partial charge on any atom is 0.416 e. The molecule has 1 heterocycles. The third kappa shape index (κ3) is 4.14. The molecule has 0 saturated carbocycles. The molecular formula is C15H8ClF3N2O2. The van der Waals surface area contributed by atoms with Crippen molar-refractivity contribution < 1.29 is 22.4 Å². The molecule has 0 spiro atoms. The Kier molecular flexibility index (Phi) is 4.77. The highest BCUT2D eigenvalue weighted by atomic mass is 35.5. The quantitative estimate of drug-likeness (QED) is 0.661. The average molecular weight is 341 g/mol. The van der Waals surface area contributed by atoms with Crippen LogP contribution in [0.5, 0.6) is 0 Å². The summed E-state index contributed by atoms with van der Waals surface area (Å²) in [6, 6.07) is 7.23. The van der Waals surface area contributed by atoms with E-state index in [1.165, 1.54) is 12.3 Å². The molecule has 1 aromatic heterocycles. The summed E-state index contributed by atoms with van der Waals surface area (Å²) in [6.45, 7) is 0. The largest absolute Gasteiger partial charge is 0.465 e. The van der Waals surface area contributed by atoms with Crippen LogP contribution in [0.1, 0.15) is 11.3 Å². The van der Waals surface area contributed by atoms with Crippen LogP contribution in [0, 0.1) is 11.3 Å². The molecule has 0 atom stereocenters. The molecule has 1 N–H and O–H groups in total. The second-order valence-electron chi connectivity index (χ2n) is 4.33. The molecule has 0 aliphatic carbocycles. The molecular weight excluding hydrogens is 333 g/mol. The number of halogens is 4. The number of nitrogens with one attached hydrogen (secondary N) is 1. The van der Waals surface area contributed by atoms with Gasteiger partial charge in [-0.05, 0) is 30.3 Å². The first-order chi connectivity index (χ1) is 10.8. The fraction of sp³-hybridized carbons (Fsp3) is 0.0667. The van der Waals surface area contributed by atoms with E-state index in [1.807, 2.05) is 0 Å². The van der Waals surface area contributed by atoms with E-state index in [1.54, 1.807) is 12.1 Å². The van der Waals surface area contributed by atoms with Crippen LogP contribution in [0.3, 0.4) is 0 Å². The summed E-state index contributed by atoms with van der Waals surface area (Å²) in [7, 11) is 0. The highest BCUT2D eigenvalue weighted by molar-refractivity contribution is 6.34. The first kappa shape index (κ1) is 16.6. The fourth-order valence-electron chi connectivity index (χ4n) is 1.65. The number of carbonyl (C=O) groups excluding carboxylic acids is 1. The number of rotatable bonds is 3. The number of nitriles is 1. The van der Waals surface area contributed by atoms with Crippen LogP contribution >= 0.6 is 11.6 Å². The SMILES string of the molecule is N#CC(=Cc1ccco1)C(=O)Nc1cc(C(F)(F)F)ccc1Cl. The molecule has 0 aliphatic heterocycles. The topological polar surface area (TPSA) is 66.0 Å². The highest BCUT2D eigenvalue weighted by Gasteiger charge is 2.31. The van der Waals surface area contributed by atoms with Crippen molar-refractivity contribution in [2.24, 2.45) is 0 Å². The van der Waals surface area contributed by atoms with Crippen molar-refractivity contribution in [2.75, 3.05) is 5.32 Å². The van der Waals surface area contributed by atoms with E-state index in [9.17, 15) is 18.0 Å². The van der Waals surface area contributed by atoms with Gasteiger partial charge in [0.05, 0.1) is 22.5 Å². The molecule has 0 fully saturated rings. The van der Waals surface area contributed by atoms with Crippen molar-refractivity contribution in [3.05, 3.63) is 58.5 Å². The summed E-state index contributed by atoms with van der Waals surface area (Å²) >= 11 is 5.78. The molecule has 0 unspecified atom stereocenters. The van der Waals surface area contributed by atoms with Gasteiger partial charge in [0.1, 0.15) is 17.4 Å². The third-order valence-electron chi connectivity index (χ3n) is 2.74. The second-order valence-corrected chi connectivity index (χ2v) is 4.74. The lowest BCUT2D eigenvalue weighted by atomic mass is 10.1. The van der Waals surface area contributed by atoms with Crippen molar-refractivity contribution >= 4 is 29.3 Å². The van der Waals surface area contributed by atoms with Crippen molar-refractivity contribution in [3.8, 4) is 6.07 Å². The number of amides is 1. The third-order valence-corrected chi connectivity index (χ3v) is 3.07. The molecule has 1 aromatic carbocycles. The van der Waals surface area contributed by atoms with Crippen LogP contribution in [0.25, 0.3) is 6.08 Å². The molecule has 0 bridgehead atoms.